The van der Waals surface area contributed by atoms with E-state index in [-0.39, 0.29) is 18.4 Å². The Bertz CT molecular complexity index is 593. The van der Waals surface area contributed by atoms with Crippen molar-refractivity contribution in [2.24, 2.45) is 0 Å². The van der Waals surface area contributed by atoms with Crippen molar-refractivity contribution in [3.05, 3.63) is 35.9 Å². The first-order chi connectivity index (χ1) is 11.6. The highest BCUT2D eigenvalue weighted by Gasteiger charge is 2.15. The highest BCUT2D eigenvalue weighted by atomic mass is 16.5. The van der Waals surface area contributed by atoms with Gasteiger partial charge in [0.25, 0.3) is 0 Å². The summed E-state index contributed by atoms with van der Waals surface area (Å²) in [4.78, 5) is 25.6. The number of benzene rings is 1. The Morgan fingerprint density at radius 3 is 2.54 bits per heavy atom. The van der Waals surface area contributed by atoms with Gasteiger partial charge in [0.15, 0.2) is 0 Å². The Labute approximate surface area is 143 Å². The molecule has 24 heavy (non-hydrogen) atoms. The van der Waals surface area contributed by atoms with Crippen molar-refractivity contribution in [1.82, 2.24) is 4.90 Å². The SMILES string of the molecule is COc1ccc(NC(=O)CN(CCC2=CCCCC2)C(C)=O)cc1. The summed E-state index contributed by atoms with van der Waals surface area (Å²) in [6.07, 6.45) is 7.86. The van der Waals surface area contributed by atoms with Gasteiger partial charge in [0.1, 0.15) is 5.75 Å². The van der Waals surface area contributed by atoms with Gasteiger partial charge >= 0.3 is 0 Å². The molecule has 2 amide bonds. The Morgan fingerprint density at radius 2 is 1.96 bits per heavy atom. The quantitative estimate of drug-likeness (QED) is 0.780. The summed E-state index contributed by atoms with van der Waals surface area (Å²) in [6, 6.07) is 7.13. The molecule has 0 fully saturated rings. The van der Waals surface area contributed by atoms with Gasteiger partial charge in [-0.15, -0.1) is 0 Å². The van der Waals surface area contributed by atoms with Crippen molar-refractivity contribution in [3.8, 4) is 5.75 Å². The maximum absolute atomic E-state index is 12.2. The van der Waals surface area contributed by atoms with E-state index in [0.29, 0.717) is 12.2 Å². The highest BCUT2D eigenvalue weighted by Crippen LogP contribution is 2.20. The van der Waals surface area contributed by atoms with Gasteiger partial charge in [0, 0.05) is 19.2 Å². The average Bonchev–Trinajstić information content (AvgIpc) is 2.60. The topological polar surface area (TPSA) is 58.6 Å². The Kier molecular flexibility index (Phi) is 6.85. The molecule has 0 aromatic heterocycles. The van der Waals surface area contributed by atoms with Crippen LogP contribution in [0.2, 0.25) is 0 Å². The van der Waals surface area contributed by atoms with Crippen molar-refractivity contribution < 1.29 is 14.3 Å². The van der Waals surface area contributed by atoms with Crippen LogP contribution in [0.4, 0.5) is 5.69 Å². The minimum absolute atomic E-state index is 0.0729. The fourth-order valence-electron chi connectivity index (χ4n) is 2.81. The normalized spacial score (nSPS) is 13.8. The summed E-state index contributed by atoms with van der Waals surface area (Å²) in [5.41, 5.74) is 2.10. The minimum Gasteiger partial charge on any atom is -0.497 e. The Balaban J connectivity index is 1.85. The van der Waals surface area contributed by atoms with Crippen molar-refractivity contribution in [3.63, 3.8) is 0 Å². The van der Waals surface area contributed by atoms with Gasteiger partial charge in [-0.1, -0.05) is 11.6 Å². The molecule has 0 heterocycles. The molecule has 1 aliphatic rings. The predicted octanol–water partition coefficient (Wildman–Crippen LogP) is 3.37. The summed E-state index contributed by atoms with van der Waals surface area (Å²) >= 11 is 0. The van der Waals surface area contributed by atoms with E-state index < -0.39 is 0 Å². The zero-order valence-electron chi connectivity index (χ0n) is 14.5. The molecule has 1 aromatic rings. The molecule has 0 radical (unpaired) electrons. The third-order valence-electron chi connectivity index (χ3n) is 4.24. The first kappa shape index (κ1) is 18.0. The van der Waals surface area contributed by atoms with Crippen molar-refractivity contribution in [2.75, 3.05) is 25.5 Å². The zero-order chi connectivity index (χ0) is 17.4. The molecule has 1 aliphatic carbocycles. The zero-order valence-corrected chi connectivity index (χ0v) is 14.5. The molecule has 0 saturated carbocycles. The molecule has 0 atom stereocenters. The molecule has 130 valence electrons. The lowest BCUT2D eigenvalue weighted by atomic mass is 9.97. The number of carbonyl (C=O) groups is 2. The molecule has 5 nitrogen and oxygen atoms in total. The number of ether oxygens (including phenoxy) is 1. The smallest absolute Gasteiger partial charge is 0.243 e. The van der Waals surface area contributed by atoms with Gasteiger partial charge in [-0.2, -0.15) is 0 Å². The third kappa shape index (κ3) is 5.72. The number of rotatable bonds is 7. The summed E-state index contributed by atoms with van der Waals surface area (Å²) < 4.78 is 5.09. The van der Waals surface area contributed by atoms with Crippen LogP contribution in [0.25, 0.3) is 0 Å². The van der Waals surface area contributed by atoms with E-state index in [4.69, 9.17) is 4.74 Å². The molecule has 2 rings (SSSR count). The molecule has 1 N–H and O–H groups in total. The van der Waals surface area contributed by atoms with Gasteiger partial charge in [0.05, 0.1) is 13.7 Å². The lowest BCUT2D eigenvalue weighted by Gasteiger charge is -2.22. The van der Waals surface area contributed by atoms with E-state index in [9.17, 15) is 9.59 Å². The second-order valence-electron chi connectivity index (χ2n) is 6.08. The van der Waals surface area contributed by atoms with E-state index in [0.717, 1.165) is 25.0 Å². The van der Waals surface area contributed by atoms with Gasteiger partial charge in [0.2, 0.25) is 11.8 Å². The van der Waals surface area contributed by atoms with Crippen molar-refractivity contribution in [2.45, 2.75) is 39.0 Å². The van der Waals surface area contributed by atoms with Crippen LogP contribution in [-0.2, 0) is 9.59 Å². The first-order valence-corrected chi connectivity index (χ1v) is 8.46. The summed E-state index contributed by atoms with van der Waals surface area (Å²) in [7, 11) is 1.60. The molecular weight excluding hydrogens is 304 g/mol. The molecule has 0 saturated heterocycles. The largest absolute Gasteiger partial charge is 0.497 e. The molecular formula is C19H26N2O3. The van der Waals surface area contributed by atoms with Crippen LogP contribution in [0.3, 0.4) is 0 Å². The number of carbonyl (C=O) groups excluding carboxylic acids is 2. The third-order valence-corrected chi connectivity index (χ3v) is 4.24. The average molecular weight is 330 g/mol. The van der Waals surface area contributed by atoms with E-state index in [1.54, 1.807) is 36.3 Å². The number of allylic oxidation sites excluding steroid dienone is 1. The van der Waals surface area contributed by atoms with Gasteiger partial charge < -0.3 is 15.0 Å². The predicted molar refractivity (Wildman–Crippen MR) is 95.0 cm³/mol. The lowest BCUT2D eigenvalue weighted by molar-refractivity contribution is -0.132. The molecule has 1 aromatic carbocycles. The van der Waals surface area contributed by atoms with E-state index >= 15 is 0 Å². The number of hydrogen-bond donors (Lipinski definition) is 1. The van der Waals surface area contributed by atoms with E-state index in [1.807, 2.05) is 0 Å². The van der Waals surface area contributed by atoms with Crippen LogP contribution < -0.4 is 10.1 Å². The lowest BCUT2D eigenvalue weighted by Crippen LogP contribution is -2.37. The van der Waals surface area contributed by atoms with Crippen LogP contribution in [-0.4, -0.2) is 36.9 Å². The summed E-state index contributed by atoms with van der Waals surface area (Å²) in [6.45, 7) is 2.18. The maximum Gasteiger partial charge on any atom is 0.243 e. The second kappa shape index (κ2) is 9.11. The number of anilines is 1. The number of hydrogen-bond acceptors (Lipinski definition) is 3. The standard InChI is InChI=1S/C19H26N2O3/c1-15(22)21(13-12-16-6-4-3-5-7-16)14-19(23)20-17-8-10-18(24-2)11-9-17/h6,8-11H,3-5,7,12-14H2,1-2H3,(H,20,23). The Morgan fingerprint density at radius 1 is 1.21 bits per heavy atom. The highest BCUT2D eigenvalue weighted by molar-refractivity contribution is 5.94. The van der Waals surface area contributed by atoms with E-state index in [2.05, 4.69) is 11.4 Å². The molecule has 0 bridgehead atoms. The van der Waals surface area contributed by atoms with Crippen molar-refractivity contribution in [1.29, 1.82) is 0 Å². The van der Waals surface area contributed by atoms with E-state index in [1.165, 1.54) is 25.3 Å². The number of methoxy groups -OCH3 is 1. The van der Waals surface area contributed by atoms with Crippen molar-refractivity contribution >= 4 is 17.5 Å². The maximum atomic E-state index is 12.2. The first-order valence-electron chi connectivity index (χ1n) is 8.46. The number of nitrogens with one attached hydrogen (secondary N) is 1. The van der Waals surface area contributed by atoms with Gasteiger partial charge in [-0.05, 0) is 56.4 Å². The Hall–Kier alpha value is -2.30. The van der Waals surface area contributed by atoms with Crippen LogP contribution in [0, 0.1) is 0 Å². The van der Waals surface area contributed by atoms with Gasteiger partial charge in [-0.3, -0.25) is 9.59 Å². The minimum atomic E-state index is -0.187. The molecule has 0 aliphatic heterocycles. The van der Waals surface area contributed by atoms with Crippen LogP contribution in [0.5, 0.6) is 5.75 Å². The summed E-state index contributed by atoms with van der Waals surface area (Å²) in [5, 5.41) is 2.81. The van der Waals surface area contributed by atoms with Crippen LogP contribution >= 0.6 is 0 Å². The van der Waals surface area contributed by atoms with Crippen LogP contribution in [0.1, 0.15) is 39.0 Å². The molecule has 5 heteroatoms. The number of amides is 2. The fraction of sp³-hybridized carbons (Fsp3) is 0.474. The molecule has 0 spiro atoms. The van der Waals surface area contributed by atoms with Gasteiger partial charge in [-0.25, -0.2) is 0 Å². The molecule has 0 unspecified atom stereocenters. The number of nitrogens with zero attached hydrogens (tertiary/aromatic N) is 1. The summed E-state index contributed by atoms with van der Waals surface area (Å²) in [5.74, 6) is 0.475. The second-order valence-corrected chi connectivity index (χ2v) is 6.08. The monoisotopic (exact) mass is 330 g/mol. The van der Waals surface area contributed by atoms with Crippen LogP contribution in [0.15, 0.2) is 35.9 Å². The fourth-order valence-corrected chi connectivity index (χ4v) is 2.81.